The Morgan fingerprint density at radius 3 is 2.26 bits per heavy atom. The Kier molecular flexibility index (Phi) is 11.7. The Balaban J connectivity index is 1.89. The average Bonchev–Trinajstić information content (AvgIpc) is 2.93. The van der Waals surface area contributed by atoms with Gasteiger partial charge in [0, 0.05) is 12.0 Å². The van der Waals surface area contributed by atoms with E-state index in [1.165, 1.54) is 12.1 Å². The number of halogens is 1. The predicted octanol–water partition coefficient (Wildman–Crippen LogP) is 3.86. The highest BCUT2D eigenvalue weighted by molar-refractivity contribution is 6.01. The molecular weight excluding hydrogens is 551 g/mol. The van der Waals surface area contributed by atoms with Crippen molar-refractivity contribution in [1.82, 2.24) is 21.3 Å². The molecule has 0 unspecified atom stereocenters. The molecule has 0 radical (unpaired) electrons. The minimum atomic E-state index is -1.23. The Morgan fingerprint density at radius 2 is 1.60 bits per heavy atom. The van der Waals surface area contributed by atoms with Gasteiger partial charge in [0.2, 0.25) is 17.7 Å². The molecule has 0 aliphatic carbocycles. The summed E-state index contributed by atoms with van der Waals surface area (Å²) in [5, 5.41) is 11.4. The van der Waals surface area contributed by atoms with Gasteiger partial charge in [-0.2, -0.15) is 0 Å². The van der Waals surface area contributed by atoms with Crippen LogP contribution in [-0.2, 0) is 19.8 Å². The number of carbonyl (C=O) groups excluding carboxylic acids is 4. The molecule has 0 saturated heterocycles. The number of carbonyl (C=O) groups is 4. The molecule has 2 aromatic carbocycles. The molecule has 1 aliphatic rings. The fourth-order valence-electron chi connectivity index (χ4n) is 5.03. The first-order valence-corrected chi connectivity index (χ1v) is 14.9. The van der Waals surface area contributed by atoms with E-state index in [1.54, 1.807) is 36.4 Å². The molecule has 1 aliphatic heterocycles. The first-order valence-electron chi connectivity index (χ1n) is 14.9. The maximum absolute atomic E-state index is 13.5. The first-order chi connectivity index (χ1) is 20.2. The molecular formula is C33H45FN4O5. The Morgan fingerprint density at radius 1 is 0.953 bits per heavy atom. The highest BCUT2D eigenvalue weighted by Gasteiger charge is 2.31. The Labute approximate surface area is 253 Å². The molecule has 9 nitrogen and oxygen atoms in total. The van der Waals surface area contributed by atoms with E-state index in [0.29, 0.717) is 18.6 Å². The summed E-state index contributed by atoms with van der Waals surface area (Å²) in [4.78, 5) is 53.6. The Hall–Kier alpha value is -3.95. The van der Waals surface area contributed by atoms with Gasteiger partial charge in [-0.25, -0.2) is 4.39 Å². The van der Waals surface area contributed by atoms with Gasteiger partial charge in [0.05, 0.1) is 18.0 Å². The molecule has 3 atom stereocenters. The SMILES string of the molecule is CC(C)C[C@@H]1COc2ccccc2C(=O)N[C@H](C(=O)NCC(C)(C)c2ccc(F)cc2)CC(=O)N[C@H](CC(C)C)C(=O)N1. The van der Waals surface area contributed by atoms with Crippen molar-refractivity contribution < 1.29 is 28.3 Å². The van der Waals surface area contributed by atoms with Gasteiger partial charge < -0.3 is 26.0 Å². The molecule has 3 rings (SSSR count). The minimum Gasteiger partial charge on any atom is -0.491 e. The van der Waals surface area contributed by atoms with E-state index < -0.39 is 35.2 Å². The van der Waals surface area contributed by atoms with Crippen LogP contribution in [0.15, 0.2) is 48.5 Å². The first kappa shape index (κ1) is 33.6. The zero-order valence-corrected chi connectivity index (χ0v) is 26.0. The normalized spacial score (nSPS) is 20.3. The van der Waals surface area contributed by atoms with Crippen molar-refractivity contribution in [2.24, 2.45) is 11.8 Å². The number of para-hydroxylation sites is 1. The highest BCUT2D eigenvalue weighted by atomic mass is 19.1. The molecule has 0 saturated carbocycles. The van der Waals surface area contributed by atoms with E-state index in [9.17, 15) is 23.6 Å². The number of fused-ring (bicyclic) bond motifs is 1. The second kappa shape index (κ2) is 15.0. The van der Waals surface area contributed by atoms with E-state index >= 15 is 0 Å². The van der Waals surface area contributed by atoms with Gasteiger partial charge >= 0.3 is 0 Å². The van der Waals surface area contributed by atoms with E-state index in [2.05, 4.69) is 21.3 Å². The fraction of sp³-hybridized carbons (Fsp3) is 0.515. The molecule has 0 bridgehead atoms. The largest absolute Gasteiger partial charge is 0.491 e. The summed E-state index contributed by atoms with van der Waals surface area (Å²) in [7, 11) is 0. The van der Waals surface area contributed by atoms with Crippen molar-refractivity contribution >= 4 is 23.6 Å². The van der Waals surface area contributed by atoms with Crippen LogP contribution in [0, 0.1) is 17.7 Å². The average molecular weight is 597 g/mol. The summed E-state index contributed by atoms with van der Waals surface area (Å²) >= 11 is 0. The molecule has 4 amide bonds. The second-order valence-electron chi connectivity index (χ2n) is 12.7. The van der Waals surface area contributed by atoms with E-state index in [4.69, 9.17) is 4.74 Å². The number of hydrogen-bond acceptors (Lipinski definition) is 5. The van der Waals surface area contributed by atoms with Crippen LogP contribution in [0.1, 0.15) is 76.7 Å². The lowest BCUT2D eigenvalue weighted by Gasteiger charge is -2.28. The third-order valence-corrected chi connectivity index (χ3v) is 7.37. The van der Waals surface area contributed by atoms with Gasteiger partial charge in [-0.1, -0.05) is 65.8 Å². The second-order valence-corrected chi connectivity index (χ2v) is 12.7. The third kappa shape index (κ3) is 10.1. The van der Waals surface area contributed by atoms with Crippen LogP contribution in [0.25, 0.3) is 0 Å². The number of ether oxygens (including phenoxy) is 1. The van der Waals surface area contributed by atoms with Gasteiger partial charge in [-0.3, -0.25) is 19.2 Å². The fourth-order valence-corrected chi connectivity index (χ4v) is 5.03. The maximum Gasteiger partial charge on any atom is 0.255 e. The molecule has 0 spiro atoms. The van der Waals surface area contributed by atoms with Crippen LogP contribution in [-0.4, -0.2) is 54.9 Å². The lowest BCUT2D eigenvalue weighted by Crippen LogP contribution is -2.55. The van der Waals surface area contributed by atoms with Crippen LogP contribution >= 0.6 is 0 Å². The number of amides is 4. The van der Waals surface area contributed by atoms with E-state index in [0.717, 1.165) is 5.56 Å². The van der Waals surface area contributed by atoms with Crippen LogP contribution in [0.4, 0.5) is 4.39 Å². The van der Waals surface area contributed by atoms with Gasteiger partial charge in [-0.05, 0) is 54.5 Å². The van der Waals surface area contributed by atoms with Crippen molar-refractivity contribution in [3.63, 3.8) is 0 Å². The zero-order valence-electron chi connectivity index (χ0n) is 26.0. The van der Waals surface area contributed by atoms with Gasteiger partial charge in [-0.15, -0.1) is 0 Å². The van der Waals surface area contributed by atoms with Gasteiger partial charge in [0.1, 0.15) is 30.3 Å². The minimum absolute atomic E-state index is 0.106. The third-order valence-electron chi connectivity index (χ3n) is 7.37. The quantitative estimate of drug-likeness (QED) is 0.368. The summed E-state index contributed by atoms with van der Waals surface area (Å²) < 4.78 is 19.5. The summed E-state index contributed by atoms with van der Waals surface area (Å²) in [6, 6.07) is 10.3. The number of benzene rings is 2. The Bertz CT molecular complexity index is 1280. The van der Waals surface area contributed by atoms with Crippen LogP contribution in [0.2, 0.25) is 0 Å². The maximum atomic E-state index is 13.5. The van der Waals surface area contributed by atoms with E-state index in [-0.39, 0.29) is 54.7 Å². The number of rotatable bonds is 8. The van der Waals surface area contributed by atoms with Crippen molar-refractivity contribution in [1.29, 1.82) is 0 Å². The highest BCUT2D eigenvalue weighted by Crippen LogP contribution is 2.23. The smallest absolute Gasteiger partial charge is 0.255 e. The van der Waals surface area contributed by atoms with Gasteiger partial charge in [0.15, 0.2) is 0 Å². The summed E-state index contributed by atoms with van der Waals surface area (Å²) in [5.74, 6) is -1.69. The van der Waals surface area contributed by atoms with Crippen LogP contribution < -0.4 is 26.0 Å². The number of nitrogens with one attached hydrogen (secondary N) is 4. The molecule has 0 fully saturated rings. The van der Waals surface area contributed by atoms with Gasteiger partial charge in [0.25, 0.3) is 5.91 Å². The van der Waals surface area contributed by atoms with Crippen molar-refractivity contribution in [2.75, 3.05) is 13.2 Å². The lowest BCUT2D eigenvalue weighted by atomic mass is 9.84. The summed E-state index contributed by atoms with van der Waals surface area (Å²) in [6.45, 7) is 12.1. The molecule has 43 heavy (non-hydrogen) atoms. The zero-order chi connectivity index (χ0) is 31.7. The number of hydrogen-bond donors (Lipinski definition) is 4. The van der Waals surface area contributed by atoms with Crippen LogP contribution in [0.5, 0.6) is 5.75 Å². The topological polar surface area (TPSA) is 126 Å². The van der Waals surface area contributed by atoms with Crippen molar-refractivity contribution in [3.05, 3.63) is 65.5 Å². The van der Waals surface area contributed by atoms with E-state index in [1.807, 2.05) is 41.5 Å². The standard InChI is InChI=1S/C33H45FN4O5/c1-20(2)15-24-18-43-28-10-8-7-9-25(28)30(40)38-27(17-29(39)37-26(16-21(3)4)32(42)36-24)31(41)35-19-33(5,6)22-11-13-23(34)14-12-22/h7-14,20-21,24,26-27H,15-19H2,1-6H3,(H,35,41)(H,36,42)(H,37,39)(H,38,40)/t24-,26-,27+/m1/s1. The molecule has 0 aromatic heterocycles. The molecule has 234 valence electrons. The molecule has 4 N–H and O–H groups in total. The predicted molar refractivity (Wildman–Crippen MR) is 163 cm³/mol. The molecule has 1 heterocycles. The van der Waals surface area contributed by atoms with Crippen molar-refractivity contribution in [3.8, 4) is 5.75 Å². The monoisotopic (exact) mass is 596 g/mol. The molecule has 2 aromatic rings. The lowest BCUT2D eigenvalue weighted by molar-refractivity contribution is -0.131. The molecule has 10 heteroatoms. The summed E-state index contributed by atoms with van der Waals surface area (Å²) in [6.07, 6.45) is 0.651. The van der Waals surface area contributed by atoms with Crippen LogP contribution in [0.3, 0.4) is 0 Å². The van der Waals surface area contributed by atoms with Crippen molar-refractivity contribution in [2.45, 2.75) is 84.3 Å². The summed E-state index contributed by atoms with van der Waals surface area (Å²) in [5.41, 5.74) is 0.452.